The Balaban J connectivity index is 2.14. The summed E-state index contributed by atoms with van der Waals surface area (Å²) in [7, 11) is 1.49. The summed E-state index contributed by atoms with van der Waals surface area (Å²) in [5, 5.41) is 12.4. The third-order valence-electron chi connectivity index (χ3n) is 4.38. The maximum absolute atomic E-state index is 12.8. The van der Waals surface area contributed by atoms with Crippen LogP contribution in [0.2, 0.25) is 0 Å². The lowest BCUT2D eigenvalue weighted by atomic mass is 10.0. The first-order valence-corrected chi connectivity index (χ1v) is 8.73. The lowest BCUT2D eigenvalue weighted by Gasteiger charge is -2.27. The van der Waals surface area contributed by atoms with Crippen molar-refractivity contribution in [2.75, 3.05) is 7.05 Å². The Bertz CT molecular complexity index is 777. The highest BCUT2D eigenvalue weighted by Gasteiger charge is 2.28. The van der Waals surface area contributed by atoms with Crippen molar-refractivity contribution < 1.29 is 19.5 Å². The number of benzene rings is 2. The molecule has 2 N–H and O–H groups in total. The van der Waals surface area contributed by atoms with Crippen LogP contribution in [0.1, 0.15) is 30.5 Å². The van der Waals surface area contributed by atoms with Crippen molar-refractivity contribution in [1.82, 2.24) is 10.2 Å². The normalized spacial score (nSPS) is 12.7. The highest BCUT2D eigenvalue weighted by Crippen LogP contribution is 2.19. The van der Waals surface area contributed by atoms with Gasteiger partial charge in [0, 0.05) is 20.4 Å². The van der Waals surface area contributed by atoms with Crippen molar-refractivity contribution in [3.63, 3.8) is 0 Å². The van der Waals surface area contributed by atoms with Gasteiger partial charge in [-0.1, -0.05) is 60.7 Å². The molecule has 0 bridgehead atoms. The molecule has 6 heteroatoms. The van der Waals surface area contributed by atoms with Crippen LogP contribution in [0.3, 0.4) is 0 Å². The number of carbonyl (C=O) groups excluding carboxylic acids is 2. The van der Waals surface area contributed by atoms with E-state index in [1.165, 1.54) is 18.9 Å². The second kappa shape index (κ2) is 9.52. The largest absolute Gasteiger partial charge is 0.480 e. The lowest BCUT2D eigenvalue weighted by molar-refractivity contribution is -0.149. The van der Waals surface area contributed by atoms with Gasteiger partial charge in [-0.15, -0.1) is 0 Å². The van der Waals surface area contributed by atoms with Gasteiger partial charge < -0.3 is 15.3 Å². The Hall–Kier alpha value is -3.15. The minimum Gasteiger partial charge on any atom is -0.480 e. The van der Waals surface area contributed by atoms with Crippen LogP contribution in [0.15, 0.2) is 60.7 Å². The average Bonchev–Trinajstić information content (AvgIpc) is 2.66. The number of nitrogens with one attached hydrogen (secondary N) is 1. The maximum Gasteiger partial charge on any atom is 0.326 e. The number of carbonyl (C=O) groups is 3. The van der Waals surface area contributed by atoms with E-state index in [2.05, 4.69) is 5.32 Å². The second-order valence-electron chi connectivity index (χ2n) is 6.42. The molecule has 2 aromatic carbocycles. The molecule has 0 spiro atoms. The summed E-state index contributed by atoms with van der Waals surface area (Å²) < 4.78 is 0. The number of aliphatic carboxylic acids is 1. The number of hydrogen-bond donors (Lipinski definition) is 2. The predicted molar refractivity (Wildman–Crippen MR) is 102 cm³/mol. The standard InChI is InChI=1S/C21H24N2O4/c1-15(24)22-18(17-11-7-4-8-12-17)14-20(25)23(2)19(21(26)27)13-16-9-5-3-6-10-16/h3-12,18-19H,13-14H2,1-2H3,(H,22,24)(H,26,27). The van der Waals surface area contributed by atoms with E-state index >= 15 is 0 Å². The van der Waals surface area contributed by atoms with Crippen LogP contribution in [-0.4, -0.2) is 40.9 Å². The summed E-state index contributed by atoms with van der Waals surface area (Å²) in [6, 6.07) is 16.8. The monoisotopic (exact) mass is 368 g/mol. The third kappa shape index (κ3) is 5.95. The quantitative estimate of drug-likeness (QED) is 0.749. The Morgan fingerprint density at radius 2 is 1.56 bits per heavy atom. The van der Waals surface area contributed by atoms with Gasteiger partial charge in [0.2, 0.25) is 11.8 Å². The molecular formula is C21H24N2O4. The first-order valence-electron chi connectivity index (χ1n) is 8.73. The van der Waals surface area contributed by atoms with Crippen LogP contribution in [-0.2, 0) is 20.8 Å². The van der Waals surface area contributed by atoms with E-state index in [9.17, 15) is 19.5 Å². The average molecular weight is 368 g/mol. The third-order valence-corrected chi connectivity index (χ3v) is 4.38. The van der Waals surface area contributed by atoms with Gasteiger partial charge in [-0.25, -0.2) is 4.79 Å². The van der Waals surface area contributed by atoms with E-state index in [-0.39, 0.29) is 24.7 Å². The number of rotatable bonds is 8. The van der Waals surface area contributed by atoms with E-state index in [1.54, 1.807) is 0 Å². The summed E-state index contributed by atoms with van der Waals surface area (Å²) in [5.74, 6) is -1.66. The Morgan fingerprint density at radius 3 is 2.07 bits per heavy atom. The minimum absolute atomic E-state index is 0.0152. The highest BCUT2D eigenvalue weighted by atomic mass is 16.4. The maximum atomic E-state index is 12.8. The number of carboxylic acid groups (broad SMARTS) is 1. The molecule has 0 aromatic heterocycles. The summed E-state index contributed by atoms with van der Waals surface area (Å²) in [5.41, 5.74) is 1.63. The van der Waals surface area contributed by atoms with E-state index in [4.69, 9.17) is 0 Å². The van der Waals surface area contributed by atoms with Gasteiger partial charge in [0.15, 0.2) is 0 Å². The van der Waals surface area contributed by atoms with Crippen LogP contribution in [0.5, 0.6) is 0 Å². The van der Waals surface area contributed by atoms with Gasteiger partial charge in [0.1, 0.15) is 6.04 Å². The molecule has 0 aliphatic heterocycles. The molecular weight excluding hydrogens is 344 g/mol. The van der Waals surface area contributed by atoms with E-state index < -0.39 is 18.1 Å². The number of carboxylic acids is 1. The molecule has 6 nitrogen and oxygen atoms in total. The number of amides is 2. The minimum atomic E-state index is -1.06. The Kier molecular flexibility index (Phi) is 7.11. The summed E-state index contributed by atoms with van der Waals surface area (Å²) >= 11 is 0. The van der Waals surface area contributed by atoms with E-state index in [1.807, 2.05) is 60.7 Å². The Labute approximate surface area is 158 Å². The summed E-state index contributed by atoms with van der Waals surface area (Å²) in [6.45, 7) is 1.39. The van der Waals surface area contributed by atoms with Crippen LogP contribution >= 0.6 is 0 Å². The number of hydrogen-bond acceptors (Lipinski definition) is 3. The fourth-order valence-electron chi connectivity index (χ4n) is 2.90. The van der Waals surface area contributed by atoms with Crippen molar-refractivity contribution in [1.29, 1.82) is 0 Å². The molecule has 0 fully saturated rings. The molecule has 2 unspecified atom stereocenters. The zero-order valence-corrected chi connectivity index (χ0v) is 15.5. The summed E-state index contributed by atoms with van der Waals surface area (Å²) in [6.07, 6.45) is 0.202. The summed E-state index contributed by atoms with van der Waals surface area (Å²) in [4.78, 5) is 37.3. The Morgan fingerprint density at radius 1 is 1.00 bits per heavy atom. The van der Waals surface area contributed by atoms with E-state index in [0.29, 0.717) is 0 Å². The van der Waals surface area contributed by atoms with Gasteiger partial charge in [0.05, 0.1) is 12.5 Å². The molecule has 0 radical (unpaired) electrons. The lowest BCUT2D eigenvalue weighted by Crippen LogP contribution is -2.45. The molecule has 2 aromatic rings. The molecule has 0 heterocycles. The molecule has 0 aliphatic rings. The molecule has 0 aliphatic carbocycles. The molecule has 0 saturated heterocycles. The SMILES string of the molecule is CC(=O)NC(CC(=O)N(C)C(Cc1ccccc1)C(=O)O)c1ccccc1. The highest BCUT2D eigenvalue weighted by molar-refractivity contribution is 5.84. The van der Waals surface area contributed by atoms with Gasteiger partial charge >= 0.3 is 5.97 Å². The van der Waals surface area contributed by atoms with Crippen molar-refractivity contribution in [2.45, 2.75) is 31.8 Å². The first kappa shape index (κ1) is 20.2. The van der Waals surface area contributed by atoms with Crippen LogP contribution in [0, 0.1) is 0 Å². The van der Waals surface area contributed by atoms with E-state index in [0.717, 1.165) is 11.1 Å². The molecule has 142 valence electrons. The van der Waals surface area contributed by atoms with Gasteiger partial charge in [-0.3, -0.25) is 9.59 Å². The van der Waals surface area contributed by atoms with Gasteiger partial charge in [-0.2, -0.15) is 0 Å². The molecule has 0 saturated carbocycles. The number of nitrogens with zero attached hydrogens (tertiary/aromatic N) is 1. The first-order chi connectivity index (χ1) is 12.9. The smallest absolute Gasteiger partial charge is 0.326 e. The molecule has 2 atom stereocenters. The topological polar surface area (TPSA) is 86.7 Å². The van der Waals surface area contributed by atoms with Gasteiger partial charge in [0.25, 0.3) is 0 Å². The zero-order chi connectivity index (χ0) is 19.8. The molecule has 2 amide bonds. The predicted octanol–water partition coefficient (Wildman–Crippen LogP) is 2.41. The molecule has 2 rings (SSSR count). The van der Waals surface area contributed by atoms with Crippen molar-refractivity contribution in [3.05, 3.63) is 71.8 Å². The van der Waals surface area contributed by atoms with Crippen LogP contribution in [0.4, 0.5) is 0 Å². The van der Waals surface area contributed by atoms with Crippen molar-refractivity contribution in [2.24, 2.45) is 0 Å². The van der Waals surface area contributed by atoms with Crippen LogP contribution in [0.25, 0.3) is 0 Å². The van der Waals surface area contributed by atoms with Crippen molar-refractivity contribution >= 4 is 17.8 Å². The number of likely N-dealkylation sites (N-methyl/N-ethyl adjacent to an activating group) is 1. The van der Waals surface area contributed by atoms with Crippen LogP contribution < -0.4 is 5.32 Å². The fraction of sp³-hybridized carbons (Fsp3) is 0.286. The molecule has 27 heavy (non-hydrogen) atoms. The van der Waals surface area contributed by atoms with Gasteiger partial charge in [-0.05, 0) is 11.1 Å². The fourth-order valence-corrected chi connectivity index (χ4v) is 2.90. The second-order valence-corrected chi connectivity index (χ2v) is 6.42. The van der Waals surface area contributed by atoms with Crippen molar-refractivity contribution in [3.8, 4) is 0 Å². The zero-order valence-electron chi connectivity index (χ0n) is 15.5.